The first-order chi connectivity index (χ1) is 13.4. The van der Waals surface area contributed by atoms with Crippen molar-refractivity contribution < 1.29 is 24.5 Å². The average Bonchev–Trinajstić information content (AvgIpc) is 2.64. The number of carboxylic acid groups (broad SMARTS) is 1. The standard InChI is InChI=1S/C22H29NO5/c1-3-4-7-10-18(2)17-20(24)13-12-19-14-16-28-22(27)23(19)15-9-6-5-8-11-21(25)26/h3-4,7,10,12-13,19-20,24H,1,5,8,11,14-17H2,2H3,(H,25,26)/b7-4-,13-12+,18-10+. The SMILES string of the molecule is C=C/C=C\C=C(/C)CC(O)/C=C/C1CCOC(=O)N1CC#CCCCC(=O)O. The van der Waals surface area contributed by atoms with E-state index in [0.29, 0.717) is 32.3 Å². The second-order valence-corrected chi connectivity index (χ2v) is 6.49. The number of hydrogen-bond donors (Lipinski definition) is 2. The summed E-state index contributed by atoms with van der Waals surface area (Å²) in [6, 6.07) is -0.186. The molecule has 28 heavy (non-hydrogen) atoms. The van der Waals surface area contributed by atoms with Crippen LogP contribution in [0, 0.1) is 11.8 Å². The lowest BCUT2D eigenvalue weighted by atomic mass is 10.1. The number of nitrogens with zero attached hydrogens (tertiary/aromatic N) is 1. The van der Waals surface area contributed by atoms with Gasteiger partial charge < -0.3 is 14.9 Å². The van der Waals surface area contributed by atoms with Gasteiger partial charge in [0.2, 0.25) is 0 Å². The van der Waals surface area contributed by atoms with E-state index < -0.39 is 18.2 Å². The fraction of sp³-hybridized carbons (Fsp3) is 0.455. The van der Waals surface area contributed by atoms with Crippen LogP contribution in [0.4, 0.5) is 4.79 Å². The predicted molar refractivity (Wildman–Crippen MR) is 109 cm³/mol. The topological polar surface area (TPSA) is 87.1 Å². The Kier molecular flexibility index (Phi) is 11.1. The number of carbonyl (C=O) groups is 2. The van der Waals surface area contributed by atoms with Crippen molar-refractivity contribution >= 4 is 12.1 Å². The van der Waals surface area contributed by atoms with Gasteiger partial charge in [0.25, 0.3) is 0 Å². The molecule has 1 fully saturated rings. The summed E-state index contributed by atoms with van der Waals surface area (Å²) < 4.78 is 5.08. The largest absolute Gasteiger partial charge is 0.481 e. The van der Waals surface area contributed by atoms with E-state index in [4.69, 9.17) is 9.84 Å². The third kappa shape index (κ3) is 9.79. The molecule has 0 bridgehead atoms. The van der Waals surface area contributed by atoms with Crippen LogP contribution in [0.25, 0.3) is 0 Å². The highest BCUT2D eigenvalue weighted by molar-refractivity contribution is 5.69. The van der Waals surface area contributed by atoms with Crippen molar-refractivity contribution in [2.45, 2.75) is 51.2 Å². The van der Waals surface area contributed by atoms with E-state index in [2.05, 4.69) is 18.4 Å². The Bertz CT molecular complexity index is 681. The van der Waals surface area contributed by atoms with E-state index in [-0.39, 0.29) is 19.0 Å². The third-order valence-electron chi connectivity index (χ3n) is 4.06. The number of carboxylic acids is 1. The zero-order chi connectivity index (χ0) is 20.8. The molecule has 1 aliphatic rings. The number of rotatable bonds is 10. The molecule has 6 heteroatoms. The quantitative estimate of drug-likeness (QED) is 0.259. The Morgan fingerprint density at radius 3 is 2.93 bits per heavy atom. The van der Waals surface area contributed by atoms with Gasteiger partial charge in [-0.05, 0) is 19.8 Å². The Labute approximate surface area is 166 Å². The van der Waals surface area contributed by atoms with Crippen LogP contribution in [-0.4, -0.2) is 52.5 Å². The van der Waals surface area contributed by atoms with Crippen molar-refractivity contribution in [2.24, 2.45) is 0 Å². The molecule has 0 aromatic rings. The minimum atomic E-state index is -0.841. The molecule has 1 amide bonds. The maximum Gasteiger partial charge on any atom is 0.411 e. The Morgan fingerprint density at radius 2 is 2.21 bits per heavy atom. The highest BCUT2D eigenvalue weighted by Gasteiger charge is 2.27. The van der Waals surface area contributed by atoms with E-state index in [0.717, 1.165) is 5.57 Å². The normalized spacial score (nSPS) is 18.6. The first-order valence-corrected chi connectivity index (χ1v) is 9.36. The van der Waals surface area contributed by atoms with Gasteiger partial charge in [-0.1, -0.05) is 54.5 Å². The molecule has 0 spiro atoms. The summed E-state index contributed by atoms with van der Waals surface area (Å²) in [4.78, 5) is 24.0. The number of allylic oxidation sites excluding steroid dienone is 4. The summed E-state index contributed by atoms with van der Waals surface area (Å²) in [5.74, 6) is 4.95. The third-order valence-corrected chi connectivity index (χ3v) is 4.06. The smallest absolute Gasteiger partial charge is 0.411 e. The number of hydrogen-bond acceptors (Lipinski definition) is 4. The van der Waals surface area contributed by atoms with E-state index in [9.17, 15) is 14.7 Å². The van der Waals surface area contributed by atoms with E-state index in [1.54, 1.807) is 12.2 Å². The number of aliphatic hydroxyl groups is 1. The van der Waals surface area contributed by atoms with Gasteiger partial charge in [-0.2, -0.15) is 0 Å². The molecule has 0 aliphatic carbocycles. The lowest BCUT2D eigenvalue weighted by molar-refractivity contribution is -0.137. The minimum Gasteiger partial charge on any atom is -0.481 e. The molecule has 0 aromatic carbocycles. The summed E-state index contributed by atoms with van der Waals surface area (Å²) in [6.45, 7) is 6.08. The fourth-order valence-corrected chi connectivity index (χ4v) is 2.60. The Morgan fingerprint density at radius 1 is 1.43 bits per heavy atom. The van der Waals surface area contributed by atoms with Crippen molar-refractivity contribution in [3.63, 3.8) is 0 Å². The van der Waals surface area contributed by atoms with Gasteiger partial charge in [-0.3, -0.25) is 9.69 Å². The molecule has 0 saturated carbocycles. The van der Waals surface area contributed by atoms with Crippen molar-refractivity contribution in [1.82, 2.24) is 4.90 Å². The maximum absolute atomic E-state index is 12.0. The minimum absolute atomic E-state index is 0.0843. The van der Waals surface area contributed by atoms with Crippen molar-refractivity contribution in [2.75, 3.05) is 13.2 Å². The van der Waals surface area contributed by atoms with Crippen LogP contribution >= 0.6 is 0 Å². The van der Waals surface area contributed by atoms with Crippen LogP contribution in [0.5, 0.6) is 0 Å². The maximum atomic E-state index is 12.0. The van der Waals surface area contributed by atoms with Gasteiger partial charge in [-0.25, -0.2) is 4.79 Å². The Hall–Kier alpha value is -2.78. The second kappa shape index (κ2) is 13.4. The van der Waals surface area contributed by atoms with E-state index >= 15 is 0 Å². The highest BCUT2D eigenvalue weighted by Crippen LogP contribution is 2.15. The number of aliphatic carboxylic acids is 1. The number of cyclic esters (lactones) is 1. The van der Waals surface area contributed by atoms with Crippen molar-refractivity contribution in [3.8, 4) is 11.8 Å². The number of ether oxygens (including phenoxy) is 1. The van der Waals surface area contributed by atoms with Gasteiger partial charge in [0.15, 0.2) is 0 Å². The molecular weight excluding hydrogens is 358 g/mol. The van der Waals surface area contributed by atoms with Gasteiger partial charge in [0, 0.05) is 19.3 Å². The fourth-order valence-electron chi connectivity index (χ4n) is 2.60. The molecule has 2 unspecified atom stereocenters. The molecule has 1 saturated heterocycles. The van der Waals surface area contributed by atoms with Gasteiger partial charge in [0.05, 0.1) is 25.3 Å². The van der Waals surface area contributed by atoms with Crippen LogP contribution in [-0.2, 0) is 9.53 Å². The molecule has 1 rings (SSSR count). The van der Waals surface area contributed by atoms with E-state index in [1.165, 1.54) is 4.90 Å². The Balaban J connectivity index is 2.59. The molecule has 2 N–H and O–H groups in total. The zero-order valence-electron chi connectivity index (χ0n) is 16.3. The van der Waals surface area contributed by atoms with Crippen molar-refractivity contribution in [3.05, 3.63) is 48.6 Å². The highest BCUT2D eigenvalue weighted by atomic mass is 16.6. The van der Waals surface area contributed by atoms with Gasteiger partial charge in [-0.15, -0.1) is 5.92 Å². The number of carbonyl (C=O) groups excluding carboxylic acids is 1. The average molecular weight is 387 g/mol. The van der Waals surface area contributed by atoms with Gasteiger partial charge >= 0.3 is 12.1 Å². The summed E-state index contributed by atoms with van der Waals surface area (Å²) in [7, 11) is 0. The summed E-state index contributed by atoms with van der Waals surface area (Å²) in [6.07, 6.45) is 11.9. The first-order valence-electron chi connectivity index (χ1n) is 9.36. The van der Waals surface area contributed by atoms with Crippen LogP contribution in [0.3, 0.4) is 0 Å². The predicted octanol–water partition coefficient (Wildman–Crippen LogP) is 3.45. The van der Waals surface area contributed by atoms with Crippen LogP contribution in [0.2, 0.25) is 0 Å². The zero-order valence-corrected chi connectivity index (χ0v) is 16.3. The van der Waals surface area contributed by atoms with Crippen molar-refractivity contribution in [1.29, 1.82) is 0 Å². The summed E-state index contributed by atoms with van der Waals surface area (Å²) in [5.41, 5.74) is 1.03. The van der Waals surface area contributed by atoms with Gasteiger partial charge in [0.1, 0.15) is 0 Å². The number of unbranched alkanes of at least 4 members (excludes halogenated alkanes) is 1. The van der Waals surface area contributed by atoms with Crippen LogP contribution < -0.4 is 0 Å². The summed E-state index contributed by atoms with van der Waals surface area (Å²) in [5, 5.41) is 18.8. The molecule has 6 nitrogen and oxygen atoms in total. The molecule has 2 atom stereocenters. The molecular formula is C22H29NO5. The lowest BCUT2D eigenvalue weighted by Gasteiger charge is -2.31. The van der Waals surface area contributed by atoms with E-state index in [1.807, 2.05) is 31.2 Å². The first kappa shape index (κ1) is 23.3. The molecule has 0 aromatic heterocycles. The molecule has 152 valence electrons. The molecule has 0 radical (unpaired) electrons. The lowest BCUT2D eigenvalue weighted by Crippen LogP contribution is -2.44. The molecule has 1 heterocycles. The number of amides is 1. The second-order valence-electron chi connectivity index (χ2n) is 6.49. The molecule has 1 aliphatic heterocycles. The monoisotopic (exact) mass is 387 g/mol. The van der Waals surface area contributed by atoms with Crippen LogP contribution in [0.15, 0.2) is 48.6 Å². The van der Waals surface area contributed by atoms with Crippen LogP contribution in [0.1, 0.15) is 39.0 Å². The number of aliphatic hydroxyl groups excluding tert-OH is 1. The summed E-state index contributed by atoms with van der Waals surface area (Å²) >= 11 is 0.